The van der Waals surface area contributed by atoms with Crippen LogP contribution in [0.2, 0.25) is 5.02 Å². The maximum atomic E-state index is 13.6. The number of benzene rings is 1. The molecule has 1 aromatic rings. The summed E-state index contributed by atoms with van der Waals surface area (Å²) in [5, 5.41) is 3.46. The summed E-state index contributed by atoms with van der Waals surface area (Å²) < 4.78 is 18.1. The Morgan fingerprint density at radius 1 is 1.46 bits per heavy atom. The third kappa shape index (κ3) is 2.29. The van der Waals surface area contributed by atoms with E-state index < -0.39 is 23.2 Å². The van der Waals surface area contributed by atoms with Crippen molar-refractivity contribution in [1.82, 2.24) is 5.32 Å². The summed E-state index contributed by atoms with van der Waals surface area (Å²) in [6.45, 7) is 2.41. The van der Waals surface area contributed by atoms with Crippen molar-refractivity contribution in [3.05, 3.63) is 27.7 Å². The van der Waals surface area contributed by atoms with Crippen molar-refractivity contribution in [2.75, 3.05) is 18.6 Å². The molecule has 4 aliphatic rings. The molecule has 1 N–H and O–H groups in total. The summed E-state index contributed by atoms with van der Waals surface area (Å²) in [4.78, 5) is 27.2. The van der Waals surface area contributed by atoms with Crippen molar-refractivity contribution in [1.29, 1.82) is 0 Å². The second-order valence-electron chi connectivity index (χ2n) is 8.06. The standard InChI is InChI=1S/C19H20BrClN2O5/c1-18-12(22-17(25)26-2)8-19(28-18)5-6-27-16-14(19)13(18)15(24)23(16)9-3-4-11(21)10(20)7-9/h3-4,7,12-14,16H,5-6,8H2,1-2H3,(H,22,25)/t12-,13-,14+,16+,18-,19+/m1/s1. The molecule has 150 valence electrons. The van der Waals surface area contributed by atoms with Crippen LogP contribution in [0, 0.1) is 11.8 Å². The van der Waals surface area contributed by atoms with Crippen molar-refractivity contribution in [3.8, 4) is 0 Å². The summed E-state index contributed by atoms with van der Waals surface area (Å²) >= 11 is 9.56. The Hall–Kier alpha value is -1.35. The number of methoxy groups -OCH3 is 1. The third-order valence-corrected chi connectivity index (χ3v) is 8.00. The first-order valence-electron chi connectivity index (χ1n) is 9.25. The van der Waals surface area contributed by atoms with Crippen LogP contribution in [0.25, 0.3) is 0 Å². The average Bonchev–Trinajstić information content (AvgIpc) is 3.22. The molecular weight excluding hydrogens is 452 g/mol. The first-order chi connectivity index (χ1) is 13.3. The zero-order chi connectivity index (χ0) is 19.8. The van der Waals surface area contributed by atoms with E-state index in [0.29, 0.717) is 24.5 Å². The van der Waals surface area contributed by atoms with Crippen molar-refractivity contribution in [2.24, 2.45) is 11.8 Å². The van der Waals surface area contributed by atoms with Crippen molar-refractivity contribution in [2.45, 2.75) is 43.2 Å². The van der Waals surface area contributed by atoms with E-state index in [0.717, 1.165) is 10.2 Å². The minimum absolute atomic E-state index is 0.0492. The molecule has 4 saturated heterocycles. The number of amides is 2. The number of carbonyl (C=O) groups is 2. The topological polar surface area (TPSA) is 77.1 Å². The van der Waals surface area contributed by atoms with Crippen molar-refractivity contribution in [3.63, 3.8) is 0 Å². The van der Waals surface area contributed by atoms with Gasteiger partial charge in [-0.25, -0.2) is 4.79 Å². The Kier molecular flexibility index (Phi) is 4.05. The number of halogens is 2. The fourth-order valence-corrected chi connectivity index (χ4v) is 6.14. The number of hydrogen-bond acceptors (Lipinski definition) is 5. The normalized spacial score (nSPS) is 40.6. The van der Waals surface area contributed by atoms with Crippen molar-refractivity contribution >= 4 is 45.2 Å². The molecule has 0 saturated carbocycles. The smallest absolute Gasteiger partial charge is 0.407 e. The maximum absolute atomic E-state index is 13.6. The third-order valence-electron chi connectivity index (χ3n) is 6.79. The molecule has 0 aromatic heterocycles. The Morgan fingerprint density at radius 2 is 2.25 bits per heavy atom. The van der Waals surface area contributed by atoms with E-state index in [-0.39, 0.29) is 24.1 Å². The predicted molar refractivity (Wildman–Crippen MR) is 104 cm³/mol. The summed E-state index contributed by atoms with van der Waals surface area (Å²) in [5.74, 6) is -0.529. The second kappa shape index (κ2) is 6.08. The van der Waals surface area contributed by atoms with Crippen LogP contribution in [-0.4, -0.2) is 49.2 Å². The molecule has 2 amide bonds. The number of ether oxygens (including phenoxy) is 3. The Balaban J connectivity index is 1.56. The number of nitrogens with zero attached hydrogens (tertiary/aromatic N) is 1. The van der Waals surface area contributed by atoms with Gasteiger partial charge >= 0.3 is 6.09 Å². The van der Waals surface area contributed by atoms with Gasteiger partial charge in [0.1, 0.15) is 6.23 Å². The number of carbonyl (C=O) groups excluding carboxylic acids is 2. The van der Waals surface area contributed by atoms with E-state index >= 15 is 0 Å². The SMILES string of the molecule is COC(=O)N[C@@H]1C[C@@]23CCO[C@H]4[C@@H]2[C@H](C(=O)N4c2ccc(Cl)c(Br)c2)[C@]1(C)O3. The summed E-state index contributed by atoms with van der Waals surface area (Å²) in [6, 6.07) is 5.13. The van der Waals surface area contributed by atoms with Gasteiger partial charge < -0.3 is 19.5 Å². The molecule has 4 fully saturated rings. The van der Waals surface area contributed by atoms with Gasteiger partial charge in [-0.2, -0.15) is 0 Å². The van der Waals surface area contributed by atoms with Crippen LogP contribution in [0.5, 0.6) is 0 Å². The van der Waals surface area contributed by atoms with Crippen LogP contribution in [0.1, 0.15) is 19.8 Å². The van der Waals surface area contributed by atoms with Gasteiger partial charge in [-0.3, -0.25) is 9.69 Å². The second-order valence-corrected chi connectivity index (χ2v) is 9.33. The Labute approximate surface area is 175 Å². The molecule has 4 aliphatic heterocycles. The molecule has 9 heteroatoms. The number of nitrogens with one attached hydrogen (secondary N) is 1. The lowest BCUT2D eigenvalue weighted by Crippen LogP contribution is -2.57. The Bertz CT molecular complexity index is 884. The van der Waals surface area contributed by atoms with E-state index in [1.165, 1.54) is 7.11 Å². The fourth-order valence-electron chi connectivity index (χ4n) is 5.66. The van der Waals surface area contributed by atoms with Gasteiger partial charge in [-0.1, -0.05) is 11.6 Å². The lowest BCUT2D eigenvalue weighted by molar-refractivity contribution is -0.139. The number of rotatable bonds is 2. The molecule has 28 heavy (non-hydrogen) atoms. The predicted octanol–water partition coefficient (Wildman–Crippen LogP) is 3.08. The van der Waals surface area contributed by atoms with E-state index in [9.17, 15) is 9.59 Å². The molecule has 2 bridgehead atoms. The minimum atomic E-state index is -0.805. The van der Waals surface area contributed by atoms with Crippen LogP contribution >= 0.6 is 27.5 Å². The highest BCUT2D eigenvalue weighted by molar-refractivity contribution is 9.10. The van der Waals surface area contributed by atoms with Gasteiger partial charge in [0.2, 0.25) is 5.91 Å². The van der Waals surface area contributed by atoms with Gasteiger partial charge in [-0.05, 0) is 41.1 Å². The zero-order valence-corrected chi connectivity index (χ0v) is 17.7. The van der Waals surface area contributed by atoms with E-state index in [1.807, 2.05) is 19.1 Å². The molecular formula is C19H20BrClN2O5. The molecule has 7 nitrogen and oxygen atoms in total. The maximum Gasteiger partial charge on any atom is 0.407 e. The molecule has 0 aliphatic carbocycles. The lowest BCUT2D eigenvalue weighted by atomic mass is 9.64. The van der Waals surface area contributed by atoms with Gasteiger partial charge in [0.25, 0.3) is 0 Å². The van der Waals surface area contributed by atoms with Crippen LogP contribution in [0.15, 0.2) is 22.7 Å². The number of anilines is 1. The molecule has 5 rings (SSSR count). The largest absolute Gasteiger partial charge is 0.453 e. The van der Waals surface area contributed by atoms with Crippen LogP contribution in [-0.2, 0) is 19.0 Å². The van der Waals surface area contributed by atoms with Crippen LogP contribution < -0.4 is 10.2 Å². The summed E-state index contributed by atoms with van der Waals surface area (Å²) in [5.41, 5.74) is -0.555. The molecule has 0 radical (unpaired) electrons. The highest BCUT2D eigenvalue weighted by atomic mass is 79.9. The van der Waals surface area contributed by atoms with E-state index in [4.69, 9.17) is 25.8 Å². The van der Waals surface area contributed by atoms with Gasteiger partial charge in [0.05, 0.1) is 41.9 Å². The number of alkyl carbamates (subject to hydrolysis) is 1. The fraction of sp³-hybridized carbons (Fsp3) is 0.579. The van der Waals surface area contributed by atoms with E-state index in [2.05, 4.69) is 21.2 Å². The molecule has 6 atom stereocenters. The Morgan fingerprint density at radius 3 is 2.96 bits per heavy atom. The van der Waals surface area contributed by atoms with Gasteiger partial charge in [0, 0.05) is 28.9 Å². The first-order valence-corrected chi connectivity index (χ1v) is 10.4. The molecule has 4 heterocycles. The molecule has 0 unspecified atom stereocenters. The average molecular weight is 472 g/mol. The quantitative estimate of drug-likeness (QED) is 0.717. The van der Waals surface area contributed by atoms with Crippen LogP contribution in [0.3, 0.4) is 0 Å². The van der Waals surface area contributed by atoms with E-state index in [1.54, 1.807) is 11.0 Å². The number of fused-ring (bicyclic) bond motifs is 2. The molecule has 1 aromatic carbocycles. The zero-order valence-electron chi connectivity index (χ0n) is 15.4. The van der Waals surface area contributed by atoms with Crippen molar-refractivity contribution < 1.29 is 23.8 Å². The minimum Gasteiger partial charge on any atom is -0.453 e. The molecule has 1 spiro atoms. The highest BCUT2D eigenvalue weighted by Gasteiger charge is 2.78. The summed E-state index contributed by atoms with van der Waals surface area (Å²) in [7, 11) is 1.33. The van der Waals surface area contributed by atoms with Gasteiger partial charge in [0.15, 0.2) is 0 Å². The van der Waals surface area contributed by atoms with Gasteiger partial charge in [-0.15, -0.1) is 0 Å². The highest BCUT2D eigenvalue weighted by Crippen LogP contribution is 2.65. The lowest BCUT2D eigenvalue weighted by Gasteiger charge is -2.42. The first kappa shape index (κ1) is 18.7. The monoisotopic (exact) mass is 470 g/mol. The van der Waals surface area contributed by atoms with Crippen LogP contribution in [0.4, 0.5) is 10.5 Å². The number of hydrogen-bond donors (Lipinski definition) is 1. The summed E-state index contributed by atoms with van der Waals surface area (Å²) in [6.07, 6.45) is 0.443.